The van der Waals surface area contributed by atoms with Crippen LogP contribution in [-0.2, 0) is 17.3 Å². The molecule has 0 bridgehead atoms. The van der Waals surface area contributed by atoms with Crippen LogP contribution in [0.4, 0.5) is 17.1 Å². The minimum absolute atomic E-state index is 0.0584. The largest absolute Gasteiger partial charge is 0.314 e. The Hall–Kier alpha value is -6.52. The summed E-state index contributed by atoms with van der Waals surface area (Å²) >= 11 is 0. The van der Waals surface area contributed by atoms with E-state index in [1.807, 2.05) is 6.08 Å². The minimum atomic E-state index is 0.0584. The Morgan fingerprint density at radius 2 is 1.30 bits per heavy atom. The lowest BCUT2D eigenvalue weighted by molar-refractivity contribution is 0.590. The fourth-order valence-electron chi connectivity index (χ4n) is 10.6. The highest BCUT2D eigenvalue weighted by Gasteiger charge is 2.42. The monoisotopic (exact) mass is 789 g/mol. The number of hydrogen-bond acceptors (Lipinski definition) is 1. The maximum atomic E-state index is 4.07. The van der Waals surface area contributed by atoms with E-state index in [1.54, 1.807) is 0 Å². The molecular weight excluding hydrogens is 737 g/mol. The molecule has 1 aliphatic carbocycles. The van der Waals surface area contributed by atoms with E-state index in [0.29, 0.717) is 0 Å². The molecule has 2 aliphatic heterocycles. The van der Waals surface area contributed by atoms with Crippen LogP contribution in [0.25, 0.3) is 55.7 Å². The van der Waals surface area contributed by atoms with Crippen LogP contribution in [0.1, 0.15) is 82.8 Å². The van der Waals surface area contributed by atoms with E-state index in [9.17, 15) is 0 Å². The first kappa shape index (κ1) is 37.5. The van der Waals surface area contributed by atoms with Crippen molar-refractivity contribution >= 4 is 84.5 Å². The lowest BCUT2D eigenvalue weighted by Gasteiger charge is -2.35. The summed E-state index contributed by atoms with van der Waals surface area (Å²) in [6, 6.07) is 44.5. The molecule has 0 saturated carbocycles. The first-order chi connectivity index (χ1) is 29.5. The number of hydrogen-bond donors (Lipinski definition) is 0. The molecule has 3 aliphatic rings. The molecule has 0 atom stereocenters. The van der Waals surface area contributed by atoms with Gasteiger partial charge in [-0.3, -0.25) is 0 Å². The number of benzene rings is 6. The molecule has 0 N–H and O–H groups in total. The Morgan fingerprint density at radius 1 is 0.672 bits per heavy atom. The molecule has 3 nitrogen and oxygen atoms in total. The fraction of sp³-hybridized carbons (Fsp3) is 0.193. The maximum absolute atomic E-state index is 4.07. The van der Waals surface area contributed by atoms with Gasteiger partial charge in [0.05, 0.1) is 16.6 Å². The van der Waals surface area contributed by atoms with Crippen molar-refractivity contribution in [2.24, 2.45) is 0 Å². The molecule has 0 spiro atoms. The van der Waals surface area contributed by atoms with Crippen LogP contribution < -0.4 is 21.3 Å². The first-order valence-electron chi connectivity index (χ1n) is 22.0. The van der Waals surface area contributed by atoms with Crippen LogP contribution in [0.3, 0.4) is 0 Å². The summed E-state index contributed by atoms with van der Waals surface area (Å²) in [5.74, 6) is 0. The summed E-state index contributed by atoms with van der Waals surface area (Å²) in [4.78, 5) is 2.45. The molecule has 11 rings (SSSR count). The molecule has 2 aromatic heterocycles. The van der Waals surface area contributed by atoms with Crippen molar-refractivity contribution in [3.05, 3.63) is 180 Å². The second-order valence-corrected chi connectivity index (χ2v) is 19.3. The Labute approximate surface area is 360 Å². The van der Waals surface area contributed by atoms with Crippen LogP contribution in [0.2, 0.25) is 0 Å². The van der Waals surface area contributed by atoms with Gasteiger partial charge in [-0.2, -0.15) is 0 Å². The first-order valence-corrected chi connectivity index (χ1v) is 22.0. The van der Waals surface area contributed by atoms with Crippen LogP contribution in [0, 0.1) is 0 Å². The van der Waals surface area contributed by atoms with E-state index in [-0.39, 0.29) is 17.5 Å². The van der Waals surface area contributed by atoms with E-state index in [2.05, 4.69) is 215 Å². The lowest BCUT2D eigenvalue weighted by atomic mass is 9.34. The van der Waals surface area contributed by atoms with Gasteiger partial charge in [0, 0.05) is 55.9 Å². The van der Waals surface area contributed by atoms with Crippen molar-refractivity contribution in [3.63, 3.8) is 0 Å². The van der Waals surface area contributed by atoms with Crippen molar-refractivity contribution in [2.75, 3.05) is 4.90 Å². The van der Waals surface area contributed by atoms with E-state index < -0.39 is 0 Å². The summed E-state index contributed by atoms with van der Waals surface area (Å²) in [6.07, 6.45) is 15.2. The van der Waals surface area contributed by atoms with Crippen molar-refractivity contribution < 1.29 is 0 Å². The summed E-state index contributed by atoms with van der Waals surface area (Å²) in [5, 5.41) is 3.99. The van der Waals surface area contributed by atoms with Crippen molar-refractivity contribution in [3.8, 4) is 11.4 Å². The molecular formula is C57H52BN3. The third kappa shape index (κ3) is 5.57. The van der Waals surface area contributed by atoms with Crippen molar-refractivity contribution in [2.45, 2.75) is 72.1 Å². The van der Waals surface area contributed by atoms with Gasteiger partial charge in [0.25, 0.3) is 6.71 Å². The fourth-order valence-corrected chi connectivity index (χ4v) is 10.6. The summed E-state index contributed by atoms with van der Waals surface area (Å²) in [7, 11) is 0. The molecule has 0 fully saturated rings. The van der Waals surface area contributed by atoms with Crippen LogP contribution in [0.15, 0.2) is 152 Å². The topological polar surface area (TPSA) is 13.1 Å². The van der Waals surface area contributed by atoms with Gasteiger partial charge in [0.2, 0.25) is 0 Å². The third-order valence-electron chi connectivity index (χ3n) is 13.5. The Kier molecular flexibility index (Phi) is 8.29. The number of fused-ring (bicyclic) bond motifs is 12. The van der Waals surface area contributed by atoms with Gasteiger partial charge in [-0.25, -0.2) is 0 Å². The predicted octanol–water partition coefficient (Wildman–Crippen LogP) is 13.0. The van der Waals surface area contributed by atoms with Gasteiger partial charge in [-0.15, -0.1) is 0 Å². The van der Waals surface area contributed by atoms with Gasteiger partial charge in [0.1, 0.15) is 0 Å². The van der Waals surface area contributed by atoms with Gasteiger partial charge in [0.15, 0.2) is 0 Å². The third-order valence-corrected chi connectivity index (χ3v) is 13.5. The van der Waals surface area contributed by atoms with Crippen LogP contribution in [-0.4, -0.2) is 15.8 Å². The Morgan fingerprint density at radius 3 is 1.95 bits per heavy atom. The van der Waals surface area contributed by atoms with Gasteiger partial charge < -0.3 is 14.0 Å². The molecule has 4 heterocycles. The number of allylic oxidation sites excluding steroid dienone is 6. The zero-order valence-corrected chi connectivity index (χ0v) is 36.5. The smallest absolute Gasteiger partial charge is 0.252 e. The zero-order valence-electron chi connectivity index (χ0n) is 36.5. The highest BCUT2D eigenvalue weighted by molar-refractivity contribution is 7.00. The van der Waals surface area contributed by atoms with Gasteiger partial charge in [-0.05, 0) is 124 Å². The Bertz CT molecular complexity index is 3160. The second-order valence-electron chi connectivity index (χ2n) is 19.3. The molecule has 8 aromatic rings. The highest BCUT2D eigenvalue weighted by atomic mass is 15.1. The summed E-state index contributed by atoms with van der Waals surface area (Å²) in [5.41, 5.74) is 21.9. The molecule has 0 amide bonds. The number of para-hydroxylation sites is 1. The minimum Gasteiger partial charge on any atom is -0.314 e. The van der Waals surface area contributed by atoms with Gasteiger partial charge in [-0.1, -0.05) is 145 Å². The molecule has 61 heavy (non-hydrogen) atoms. The highest BCUT2D eigenvalue weighted by Crippen LogP contribution is 2.44. The average molecular weight is 790 g/mol. The van der Waals surface area contributed by atoms with E-state index in [1.165, 1.54) is 94.0 Å². The van der Waals surface area contributed by atoms with Gasteiger partial charge >= 0.3 is 0 Å². The summed E-state index contributed by atoms with van der Waals surface area (Å²) < 4.78 is 5.24. The molecule has 298 valence electrons. The molecule has 0 radical (unpaired) electrons. The standard InChI is InChI=1S/C57H52BN3/c1-9-15-36(16-10-2)37-21-31-47-51(33-37)60-49-19-13-11-17-43(49)45-35-46-44-18-12-14-20-50(44)61-52-34-42(30-32-48(52)58(47)53(54(45)60)55(46)61)59(40-26-22-38(23-27-40)56(3,4)5)41-28-24-39(25-29-41)57(6,7)8/h9-12,14-18,20-35H,1,13,19H2,2-8H3/b16-10-,36-15+. The van der Waals surface area contributed by atoms with Crippen LogP contribution in [0.5, 0.6) is 0 Å². The predicted molar refractivity (Wildman–Crippen MR) is 265 cm³/mol. The Balaban J connectivity index is 1.22. The second kappa shape index (κ2) is 13.5. The number of anilines is 3. The average Bonchev–Trinajstić information content (AvgIpc) is 3.78. The molecule has 0 unspecified atom stereocenters. The number of nitrogens with zero attached hydrogens (tertiary/aromatic N) is 3. The van der Waals surface area contributed by atoms with E-state index in [4.69, 9.17) is 0 Å². The summed E-state index contributed by atoms with van der Waals surface area (Å²) in [6.45, 7) is 19.9. The number of rotatable bonds is 6. The van der Waals surface area contributed by atoms with Crippen molar-refractivity contribution in [1.82, 2.24) is 9.13 Å². The number of aromatic nitrogens is 2. The molecule has 0 saturated heterocycles. The zero-order chi connectivity index (χ0) is 41.9. The van der Waals surface area contributed by atoms with Crippen LogP contribution >= 0.6 is 0 Å². The quantitative estimate of drug-likeness (QED) is 0.121. The van der Waals surface area contributed by atoms with E-state index >= 15 is 0 Å². The van der Waals surface area contributed by atoms with Crippen molar-refractivity contribution in [1.29, 1.82) is 0 Å². The van der Waals surface area contributed by atoms with E-state index in [0.717, 1.165) is 29.9 Å². The SMILES string of the molecule is C=C/C=C(\C=C/C)c1ccc2c(c1)-n1c3c(c4cc5c6ccccc6n6c5c(c41)B2c1ccc(N(c2ccc(C(C)(C)C)cc2)c2ccc(C(C)(C)C)cc2)cc1-6)C=CCC3. The molecule has 6 aromatic carbocycles. The molecule has 4 heteroatoms. The normalized spacial score (nSPS) is 14.3. The maximum Gasteiger partial charge on any atom is 0.252 e. The lowest BCUT2D eigenvalue weighted by Crippen LogP contribution is -2.59.